The van der Waals surface area contributed by atoms with Crippen molar-refractivity contribution in [1.82, 2.24) is 0 Å². The van der Waals surface area contributed by atoms with Crippen LogP contribution in [0, 0.1) is 0 Å². The van der Waals surface area contributed by atoms with Crippen LogP contribution >= 0.6 is 0 Å². The number of fused-ring (bicyclic) bond motifs is 1. The van der Waals surface area contributed by atoms with Crippen molar-refractivity contribution >= 4 is 0 Å². The van der Waals surface area contributed by atoms with Crippen molar-refractivity contribution < 1.29 is 5.11 Å². The molecule has 0 aliphatic heterocycles. The summed E-state index contributed by atoms with van der Waals surface area (Å²) in [7, 11) is 0. The molecular formula is C11H15NO. The second kappa shape index (κ2) is 3.13. The molecule has 0 amide bonds. The van der Waals surface area contributed by atoms with Gasteiger partial charge < -0.3 is 10.8 Å². The number of rotatable bonds is 1. The first-order valence-electron chi connectivity index (χ1n) is 4.77. The van der Waals surface area contributed by atoms with Crippen molar-refractivity contribution in [2.24, 2.45) is 5.73 Å². The summed E-state index contributed by atoms with van der Waals surface area (Å²) in [6.07, 6.45) is 2.89. The highest BCUT2D eigenvalue weighted by Gasteiger charge is 2.32. The molecule has 1 aliphatic rings. The Bertz CT molecular complexity index is 311. The minimum Gasteiger partial charge on any atom is -0.384 e. The summed E-state index contributed by atoms with van der Waals surface area (Å²) in [6, 6.07) is 8.04. The van der Waals surface area contributed by atoms with Crippen LogP contribution in [0.1, 0.15) is 24.0 Å². The molecule has 1 aliphatic carbocycles. The number of aryl methyl sites for hydroxylation is 1. The monoisotopic (exact) mass is 177 g/mol. The molecule has 0 heterocycles. The largest absolute Gasteiger partial charge is 0.384 e. The van der Waals surface area contributed by atoms with Gasteiger partial charge in [-0.05, 0) is 30.4 Å². The molecule has 2 rings (SSSR count). The highest BCUT2D eigenvalue weighted by atomic mass is 16.3. The molecule has 0 fully saturated rings. The van der Waals surface area contributed by atoms with Crippen LogP contribution in [0.25, 0.3) is 0 Å². The highest BCUT2D eigenvalue weighted by Crippen LogP contribution is 2.33. The lowest BCUT2D eigenvalue weighted by molar-refractivity contribution is 0.0280. The van der Waals surface area contributed by atoms with Gasteiger partial charge in [0.25, 0.3) is 0 Å². The molecule has 1 atom stereocenters. The van der Waals surface area contributed by atoms with E-state index in [2.05, 4.69) is 6.07 Å². The fourth-order valence-corrected chi connectivity index (χ4v) is 2.11. The van der Waals surface area contributed by atoms with Crippen LogP contribution in [-0.4, -0.2) is 11.7 Å². The maximum Gasteiger partial charge on any atom is 0.102 e. The van der Waals surface area contributed by atoms with E-state index in [1.54, 1.807) is 0 Å². The molecule has 2 heteroatoms. The Morgan fingerprint density at radius 2 is 2.15 bits per heavy atom. The zero-order valence-corrected chi connectivity index (χ0v) is 7.66. The Morgan fingerprint density at radius 1 is 1.38 bits per heavy atom. The predicted octanol–water partition coefficient (Wildman–Crippen LogP) is 1.17. The molecule has 1 aromatic carbocycles. The van der Waals surface area contributed by atoms with E-state index in [1.165, 1.54) is 5.56 Å². The van der Waals surface area contributed by atoms with Gasteiger partial charge in [0, 0.05) is 6.54 Å². The lowest BCUT2D eigenvalue weighted by Gasteiger charge is -2.33. The maximum atomic E-state index is 10.2. The smallest absolute Gasteiger partial charge is 0.102 e. The first-order valence-corrected chi connectivity index (χ1v) is 4.77. The number of nitrogens with two attached hydrogens (primary N) is 1. The van der Waals surface area contributed by atoms with E-state index in [0.717, 1.165) is 24.8 Å². The summed E-state index contributed by atoms with van der Waals surface area (Å²) >= 11 is 0. The molecule has 13 heavy (non-hydrogen) atoms. The van der Waals surface area contributed by atoms with Gasteiger partial charge in [-0.15, -0.1) is 0 Å². The van der Waals surface area contributed by atoms with Gasteiger partial charge in [-0.3, -0.25) is 0 Å². The number of aliphatic hydroxyl groups is 1. The van der Waals surface area contributed by atoms with Gasteiger partial charge >= 0.3 is 0 Å². The average Bonchev–Trinajstić information content (AvgIpc) is 2.19. The van der Waals surface area contributed by atoms with E-state index in [1.807, 2.05) is 18.2 Å². The predicted molar refractivity (Wildman–Crippen MR) is 52.3 cm³/mol. The van der Waals surface area contributed by atoms with Crippen LogP contribution in [0.4, 0.5) is 0 Å². The minimum atomic E-state index is -0.769. The van der Waals surface area contributed by atoms with E-state index >= 15 is 0 Å². The molecule has 0 unspecified atom stereocenters. The summed E-state index contributed by atoms with van der Waals surface area (Å²) in [6.45, 7) is 0.323. The zero-order chi connectivity index (χ0) is 9.31. The quantitative estimate of drug-likeness (QED) is 0.676. The van der Waals surface area contributed by atoms with Crippen molar-refractivity contribution in [2.45, 2.75) is 24.9 Å². The van der Waals surface area contributed by atoms with E-state index in [-0.39, 0.29) is 0 Å². The SMILES string of the molecule is NC[C@]1(O)CCCc2ccccc21. The van der Waals surface area contributed by atoms with Crippen LogP contribution in [0.2, 0.25) is 0 Å². The van der Waals surface area contributed by atoms with E-state index < -0.39 is 5.60 Å². The Balaban J connectivity index is 2.48. The number of benzene rings is 1. The number of hydrogen-bond donors (Lipinski definition) is 2. The second-order valence-electron chi connectivity index (χ2n) is 3.75. The first-order chi connectivity index (χ1) is 6.26. The van der Waals surface area contributed by atoms with Gasteiger partial charge in [-0.1, -0.05) is 24.3 Å². The van der Waals surface area contributed by atoms with Gasteiger partial charge in [-0.2, -0.15) is 0 Å². The molecule has 0 aromatic heterocycles. The fraction of sp³-hybridized carbons (Fsp3) is 0.455. The molecular weight excluding hydrogens is 162 g/mol. The summed E-state index contributed by atoms with van der Waals surface area (Å²) in [5, 5.41) is 10.2. The lowest BCUT2D eigenvalue weighted by Crippen LogP contribution is -2.38. The van der Waals surface area contributed by atoms with Crippen LogP contribution in [0.15, 0.2) is 24.3 Å². The van der Waals surface area contributed by atoms with Gasteiger partial charge in [0.2, 0.25) is 0 Å². The third kappa shape index (κ3) is 1.36. The van der Waals surface area contributed by atoms with E-state index in [4.69, 9.17) is 5.73 Å². The molecule has 1 aromatic rings. The Morgan fingerprint density at radius 3 is 2.92 bits per heavy atom. The van der Waals surface area contributed by atoms with Gasteiger partial charge in [0.15, 0.2) is 0 Å². The molecule has 2 nitrogen and oxygen atoms in total. The normalized spacial score (nSPS) is 26.9. The fourth-order valence-electron chi connectivity index (χ4n) is 2.11. The first kappa shape index (κ1) is 8.73. The Labute approximate surface area is 78.4 Å². The van der Waals surface area contributed by atoms with Gasteiger partial charge in [-0.25, -0.2) is 0 Å². The summed E-state index contributed by atoms with van der Waals surface area (Å²) < 4.78 is 0. The standard InChI is InChI=1S/C11H15NO/c12-8-11(13)7-3-5-9-4-1-2-6-10(9)11/h1-2,4,6,13H,3,5,7-8,12H2/t11-/m1/s1. The Hall–Kier alpha value is -0.860. The van der Waals surface area contributed by atoms with E-state index in [0.29, 0.717) is 6.54 Å². The molecule has 0 saturated carbocycles. The van der Waals surface area contributed by atoms with Crippen LogP contribution in [-0.2, 0) is 12.0 Å². The molecule has 3 N–H and O–H groups in total. The second-order valence-corrected chi connectivity index (χ2v) is 3.75. The topological polar surface area (TPSA) is 46.2 Å². The van der Waals surface area contributed by atoms with Gasteiger partial charge in [0.05, 0.1) is 0 Å². The van der Waals surface area contributed by atoms with Crippen LogP contribution in [0.3, 0.4) is 0 Å². The molecule has 0 bridgehead atoms. The highest BCUT2D eigenvalue weighted by molar-refractivity contribution is 5.34. The lowest BCUT2D eigenvalue weighted by atomic mass is 9.79. The van der Waals surface area contributed by atoms with E-state index in [9.17, 15) is 5.11 Å². The van der Waals surface area contributed by atoms with Crippen molar-refractivity contribution in [3.8, 4) is 0 Å². The summed E-state index contributed by atoms with van der Waals surface area (Å²) in [4.78, 5) is 0. The van der Waals surface area contributed by atoms with Gasteiger partial charge in [0.1, 0.15) is 5.60 Å². The summed E-state index contributed by atoms with van der Waals surface area (Å²) in [5.41, 5.74) is 7.12. The molecule has 0 spiro atoms. The maximum absolute atomic E-state index is 10.2. The summed E-state index contributed by atoms with van der Waals surface area (Å²) in [5.74, 6) is 0. The third-order valence-electron chi connectivity index (χ3n) is 2.89. The molecule has 70 valence electrons. The van der Waals surface area contributed by atoms with Crippen LogP contribution in [0.5, 0.6) is 0 Å². The van der Waals surface area contributed by atoms with Crippen molar-refractivity contribution in [1.29, 1.82) is 0 Å². The van der Waals surface area contributed by atoms with Crippen molar-refractivity contribution in [3.05, 3.63) is 35.4 Å². The Kier molecular flexibility index (Phi) is 2.10. The minimum absolute atomic E-state index is 0.323. The zero-order valence-electron chi connectivity index (χ0n) is 7.66. The third-order valence-corrected chi connectivity index (χ3v) is 2.89. The van der Waals surface area contributed by atoms with Crippen molar-refractivity contribution in [3.63, 3.8) is 0 Å². The average molecular weight is 177 g/mol. The number of hydrogen-bond acceptors (Lipinski definition) is 2. The molecule has 0 saturated heterocycles. The van der Waals surface area contributed by atoms with Crippen LogP contribution < -0.4 is 5.73 Å². The molecule has 0 radical (unpaired) electrons. The van der Waals surface area contributed by atoms with Crippen molar-refractivity contribution in [2.75, 3.05) is 6.54 Å².